The maximum Gasteiger partial charge on any atom is 0.396 e. The Hall–Kier alpha value is -1.11. The van der Waals surface area contributed by atoms with E-state index in [0.717, 1.165) is 6.42 Å². The second-order valence-corrected chi connectivity index (χ2v) is 3.62. The van der Waals surface area contributed by atoms with Crippen LogP contribution in [0.1, 0.15) is 25.1 Å². The Morgan fingerprint density at radius 3 is 2.69 bits per heavy atom. The third-order valence-electron chi connectivity index (χ3n) is 2.15. The van der Waals surface area contributed by atoms with E-state index in [0.29, 0.717) is 6.42 Å². The predicted molar refractivity (Wildman–Crippen MR) is 50.9 cm³/mol. The zero-order chi connectivity index (χ0) is 12.2. The fourth-order valence-electron chi connectivity index (χ4n) is 1.13. The maximum atomic E-state index is 12.0. The van der Waals surface area contributed by atoms with Gasteiger partial charge in [0.25, 0.3) is 0 Å². The minimum Gasteiger partial charge on any atom is -0.339 e. The molecule has 0 bridgehead atoms. The molecular weight excluding hydrogens is 223 g/mol. The molecule has 0 saturated heterocycles. The lowest BCUT2D eigenvalue weighted by molar-refractivity contribution is -0.128. The Kier molecular flexibility index (Phi) is 4.28. The van der Waals surface area contributed by atoms with E-state index < -0.39 is 12.6 Å². The summed E-state index contributed by atoms with van der Waals surface area (Å²) in [6.07, 6.45) is -4.21. The van der Waals surface area contributed by atoms with E-state index in [1.165, 1.54) is 0 Å². The molecule has 1 heterocycles. The van der Waals surface area contributed by atoms with Crippen molar-refractivity contribution >= 4 is 0 Å². The van der Waals surface area contributed by atoms with E-state index >= 15 is 0 Å². The summed E-state index contributed by atoms with van der Waals surface area (Å²) in [7, 11) is 1.81. The largest absolute Gasteiger partial charge is 0.396 e. The summed E-state index contributed by atoms with van der Waals surface area (Å²) in [5.41, 5.74) is 0. The van der Waals surface area contributed by atoms with E-state index in [1.807, 2.05) is 14.0 Å². The van der Waals surface area contributed by atoms with Gasteiger partial charge < -0.3 is 9.84 Å². The van der Waals surface area contributed by atoms with Gasteiger partial charge in [-0.1, -0.05) is 5.16 Å². The van der Waals surface area contributed by atoms with Crippen LogP contribution in [0.25, 0.3) is 0 Å². The van der Waals surface area contributed by atoms with Crippen LogP contribution in [0.5, 0.6) is 0 Å². The first kappa shape index (κ1) is 13.0. The monoisotopic (exact) mass is 237 g/mol. The predicted octanol–water partition coefficient (Wildman–Crippen LogP) is 1.71. The van der Waals surface area contributed by atoms with E-state index in [9.17, 15) is 13.2 Å². The molecule has 1 N–H and O–H groups in total. The number of alkyl halides is 3. The van der Waals surface area contributed by atoms with Crippen LogP contribution in [0.3, 0.4) is 0 Å². The average molecular weight is 237 g/mol. The summed E-state index contributed by atoms with van der Waals surface area (Å²) < 4.78 is 40.7. The van der Waals surface area contributed by atoms with Gasteiger partial charge in [-0.05, 0) is 20.4 Å². The topological polar surface area (TPSA) is 51.0 Å². The molecule has 0 amide bonds. The van der Waals surface area contributed by atoms with Crippen LogP contribution in [0.15, 0.2) is 4.52 Å². The van der Waals surface area contributed by atoms with Gasteiger partial charge >= 0.3 is 6.18 Å². The van der Waals surface area contributed by atoms with Crippen molar-refractivity contribution < 1.29 is 17.7 Å². The summed E-state index contributed by atoms with van der Waals surface area (Å²) in [5.74, 6) is -0.0547. The molecule has 0 aromatic carbocycles. The molecule has 1 aromatic heterocycles. The van der Waals surface area contributed by atoms with Crippen molar-refractivity contribution in [3.63, 3.8) is 0 Å². The summed E-state index contributed by atoms with van der Waals surface area (Å²) in [6, 6.07) is 0.262. The van der Waals surface area contributed by atoms with Crippen molar-refractivity contribution in [3.05, 3.63) is 11.7 Å². The van der Waals surface area contributed by atoms with Gasteiger partial charge in [0.05, 0.1) is 0 Å². The van der Waals surface area contributed by atoms with Crippen molar-refractivity contribution in [2.45, 2.75) is 38.4 Å². The molecule has 7 heteroatoms. The molecule has 1 rings (SSSR count). The van der Waals surface area contributed by atoms with Gasteiger partial charge in [0.1, 0.15) is 6.42 Å². The normalized spacial score (nSPS) is 14.1. The van der Waals surface area contributed by atoms with E-state index in [4.69, 9.17) is 4.52 Å². The smallest absolute Gasteiger partial charge is 0.339 e. The van der Waals surface area contributed by atoms with Crippen LogP contribution in [0, 0.1) is 0 Å². The van der Waals surface area contributed by atoms with Crippen LogP contribution in [-0.2, 0) is 12.8 Å². The molecule has 16 heavy (non-hydrogen) atoms. The first-order valence-corrected chi connectivity index (χ1v) is 4.96. The highest BCUT2D eigenvalue weighted by Crippen LogP contribution is 2.19. The molecule has 1 atom stereocenters. The van der Waals surface area contributed by atoms with E-state index in [2.05, 4.69) is 15.5 Å². The quantitative estimate of drug-likeness (QED) is 0.847. The van der Waals surface area contributed by atoms with Crippen LogP contribution in [0.2, 0.25) is 0 Å². The van der Waals surface area contributed by atoms with Crippen molar-refractivity contribution in [3.8, 4) is 0 Å². The molecule has 0 aliphatic heterocycles. The third kappa shape index (κ3) is 4.61. The fraction of sp³-hybridized carbons (Fsp3) is 0.778. The van der Waals surface area contributed by atoms with Crippen molar-refractivity contribution in [2.24, 2.45) is 0 Å². The number of hydrogen-bond donors (Lipinski definition) is 1. The Morgan fingerprint density at radius 2 is 2.12 bits per heavy atom. The summed E-state index contributed by atoms with van der Waals surface area (Å²) in [4.78, 5) is 3.68. The van der Waals surface area contributed by atoms with Crippen molar-refractivity contribution in [2.75, 3.05) is 7.05 Å². The zero-order valence-corrected chi connectivity index (χ0v) is 9.14. The van der Waals surface area contributed by atoms with Crippen molar-refractivity contribution in [1.29, 1.82) is 0 Å². The molecular formula is C9H14F3N3O. The number of nitrogens with one attached hydrogen (secondary N) is 1. The standard InChI is InChI=1S/C9H14F3N3O/c1-6(13-2)3-4-8-14-7(15-16-8)5-9(10,11)12/h6,13H,3-5H2,1-2H3. The van der Waals surface area contributed by atoms with Gasteiger partial charge in [0.2, 0.25) is 5.89 Å². The molecule has 1 unspecified atom stereocenters. The number of rotatable bonds is 5. The fourth-order valence-corrected chi connectivity index (χ4v) is 1.13. The number of halogens is 3. The lowest BCUT2D eigenvalue weighted by atomic mass is 10.2. The van der Waals surface area contributed by atoms with E-state index in [-0.39, 0.29) is 17.8 Å². The molecule has 1 aromatic rings. The minimum atomic E-state index is -4.29. The lowest BCUT2D eigenvalue weighted by Crippen LogP contribution is -2.21. The zero-order valence-electron chi connectivity index (χ0n) is 9.14. The maximum absolute atomic E-state index is 12.0. The summed E-state index contributed by atoms with van der Waals surface area (Å²) >= 11 is 0. The highest BCUT2D eigenvalue weighted by Gasteiger charge is 2.30. The van der Waals surface area contributed by atoms with Crippen molar-refractivity contribution in [1.82, 2.24) is 15.5 Å². The number of hydrogen-bond acceptors (Lipinski definition) is 4. The number of aromatic nitrogens is 2. The number of nitrogens with zero attached hydrogens (tertiary/aromatic N) is 2. The first-order chi connectivity index (χ1) is 7.40. The molecule has 0 saturated carbocycles. The van der Waals surface area contributed by atoms with Gasteiger partial charge in [0, 0.05) is 12.5 Å². The van der Waals surface area contributed by atoms with Crippen LogP contribution < -0.4 is 5.32 Å². The summed E-state index contributed by atoms with van der Waals surface area (Å²) in [6.45, 7) is 1.97. The minimum absolute atomic E-state index is 0.251. The second-order valence-electron chi connectivity index (χ2n) is 3.62. The Labute approximate surface area is 91.2 Å². The highest BCUT2D eigenvalue weighted by atomic mass is 19.4. The highest BCUT2D eigenvalue weighted by molar-refractivity contribution is 4.89. The molecule has 0 aliphatic rings. The molecule has 0 radical (unpaired) electrons. The van der Waals surface area contributed by atoms with E-state index in [1.54, 1.807) is 0 Å². The lowest BCUT2D eigenvalue weighted by Gasteiger charge is -2.06. The van der Waals surface area contributed by atoms with Gasteiger partial charge in [-0.3, -0.25) is 0 Å². The van der Waals surface area contributed by atoms with Crippen LogP contribution >= 0.6 is 0 Å². The SMILES string of the molecule is CNC(C)CCc1nc(CC(F)(F)F)no1. The second kappa shape index (κ2) is 5.29. The molecule has 92 valence electrons. The van der Waals surface area contributed by atoms with Gasteiger partial charge in [-0.25, -0.2) is 0 Å². The number of aryl methyl sites for hydroxylation is 1. The third-order valence-corrected chi connectivity index (χ3v) is 2.15. The Bertz CT molecular complexity index is 324. The van der Waals surface area contributed by atoms with Gasteiger partial charge in [-0.2, -0.15) is 18.2 Å². The molecule has 4 nitrogen and oxygen atoms in total. The molecule has 0 aliphatic carbocycles. The van der Waals surface area contributed by atoms with Crippen LogP contribution in [0.4, 0.5) is 13.2 Å². The average Bonchev–Trinajstić information content (AvgIpc) is 2.59. The molecule has 0 fully saturated rings. The molecule has 0 spiro atoms. The van der Waals surface area contributed by atoms with Gasteiger partial charge in [0.15, 0.2) is 5.82 Å². The first-order valence-electron chi connectivity index (χ1n) is 4.96. The Morgan fingerprint density at radius 1 is 1.44 bits per heavy atom. The summed E-state index contributed by atoms with van der Waals surface area (Å²) in [5, 5.41) is 6.29. The van der Waals surface area contributed by atoms with Gasteiger partial charge in [-0.15, -0.1) is 0 Å². The Balaban J connectivity index is 2.45. The van der Waals surface area contributed by atoms with Crippen LogP contribution in [-0.4, -0.2) is 29.4 Å².